The van der Waals surface area contributed by atoms with Crippen LogP contribution in [0.5, 0.6) is 0 Å². The number of alkyl halides is 4. The Hall–Kier alpha value is -0.670. The molecule has 1 aromatic carbocycles. The van der Waals surface area contributed by atoms with Gasteiger partial charge in [0.15, 0.2) is 0 Å². The minimum Gasteiger partial charge on any atom is -0.385 e. The van der Waals surface area contributed by atoms with Crippen LogP contribution in [0, 0.1) is 0 Å². The monoisotopic (exact) mass is 392 g/mol. The number of hydrogen-bond acceptors (Lipinski definition) is 3. The fraction of sp³-hybridized carbons (Fsp3) is 0.500. The molecule has 0 amide bonds. The molecule has 0 aromatic heterocycles. The highest BCUT2D eigenvalue weighted by molar-refractivity contribution is 9.10. The van der Waals surface area contributed by atoms with E-state index < -0.39 is 38.1 Å². The van der Waals surface area contributed by atoms with E-state index in [1.165, 1.54) is 0 Å². The summed E-state index contributed by atoms with van der Waals surface area (Å²) < 4.78 is 74.1. The molecule has 120 valence electrons. The Balaban J connectivity index is 0.00000106. The zero-order valence-electron chi connectivity index (χ0n) is 11.1. The molecule has 0 aliphatic heterocycles. The minimum absolute atomic E-state index is 0.0466. The topological polar surface area (TPSA) is 54.4 Å². The van der Waals surface area contributed by atoms with Crippen LogP contribution in [0.1, 0.15) is 31.1 Å². The molecule has 2 rings (SSSR count). The zero-order chi connectivity index (χ0) is 16.6. The Morgan fingerprint density at radius 1 is 1.29 bits per heavy atom. The third kappa shape index (κ3) is 3.09. The molecular formula is C12H13BrF4O3S. The Morgan fingerprint density at radius 3 is 2.29 bits per heavy atom. The summed E-state index contributed by atoms with van der Waals surface area (Å²) in [6.45, 7) is 4.00. The number of benzene rings is 1. The molecule has 1 aromatic rings. The van der Waals surface area contributed by atoms with Crippen molar-refractivity contribution in [2.45, 2.75) is 42.9 Å². The second kappa shape index (κ2) is 6.21. The summed E-state index contributed by atoms with van der Waals surface area (Å²) in [4.78, 5) is -1.09. The number of hydrogen-bond donors (Lipinski definition) is 1. The molecule has 0 radical (unpaired) electrons. The molecule has 9 heteroatoms. The summed E-state index contributed by atoms with van der Waals surface area (Å²) in [5.41, 5.74) is -5.97. The summed E-state index contributed by atoms with van der Waals surface area (Å²) in [6.07, 6.45) is -4.03. The van der Waals surface area contributed by atoms with E-state index in [-0.39, 0.29) is 16.5 Å². The number of halogens is 5. The normalized spacial score (nSPS) is 21.5. The molecule has 2 unspecified atom stereocenters. The van der Waals surface area contributed by atoms with Crippen molar-refractivity contribution < 1.29 is 31.1 Å². The van der Waals surface area contributed by atoms with E-state index >= 15 is 0 Å². The standard InChI is InChI=1S/C10H7BrF4O3S.C2H6/c11-5-1-2-7(19(17,18)10(13,14)15)8-4(5)3-6(12)9(8)16;1-2/h1-2,6,9,16H,3H2;1-2H3. The smallest absolute Gasteiger partial charge is 0.385 e. The summed E-state index contributed by atoms with van der Waals surface area (Å²) in [6, 6.07) is 1.81. The molecule has 0 saturated carbocycles. The number of aliphatic hydroxyl groups excluding tert-OH is 1. The molecule has 3 nitrogen and oxygen atoms in total. The summed E-state index contributed by atoms with van der Waals surface area (Å²) in [5, 5.41) is 9.56. The second-order valence-corrected chi connectivity index (χ2v) is 6.82. The van der Waals surface area contributed by atoms with Crippen molar-refractivity contribution in [2.75, 3.05) is 0 Å². The molecular weight excluding hydrogens is 380 g/mol. The third-order valence-corrected chi connectivity index (χ3v) is 5.18. The number of rotatable bonds is 1. The molecule has 1 N–H and O–H groups in total. The van der Waals surface area contributed by atoms with E-state index in [1.807, 2.05) is 13.8 Å². The lowest BCUT2D eigenvalue weighted by molar-refractivity contribution is -0.0437. The summed E-state index contributed by atoms with van der Waals surface area (Å²) >= 11 is 3.00. The van der Waals surface area contributed by atoms with Gasteiger partial charge in [-0.05, 0) is 17.7 Å². The molecule has 0 fully saturated rings. The van der Waals surface area contributed by atoms with Gasteiger partial charge in [0.05, 0.1) is 4.90 Å². The molecule has 0 saturated heterocycles. The Labute approximate surface area is 128 Å². The van der Waals surface area contributed by atoms with Gasteiger partial charge in [-0.2, -0.15) is 13.2 Å². The maximum absolute atomic E-state index is 13.4. The summed E-state index contributed by atoms with van der Waals surface area (Å²) in [5.74, 6) is 0. The molecule has 0 bridgehead atoms. The maximum Gasteiger partial charge on any atom is 0.501 e. The highest BCUT2D eigenvalue weighted by Crippen LogP contribution is 2.44. The van der Waals surface area contributed by atoms with E-state index in [2.05, 4.69) is 15.9 Å². The second-order valence-electron chi connectivity index (χ2n) is 4.05. The molecule has 1 aliphatic rings. The molecule has 2 atom stereocenters. The van der Waals surface area contributed by atoms with Gasteiger partial charge < -0.3 is 5.11 Å². The minimum atomic E-state index is -5.62. The number of sulfone groups is 1. The summed E-state index contributed by atoms with van der Waals surface area (Å²) in [7, 11) is -5.62. The van der Waals surface area contributed by atoms with Crippen LogP contribution in [0.15, 0.2) is 21.5 Å². The fourth-order valence-electron chi connectivity index (χ4n) is 1.99. The van der Waals surface area contributed by atoms with Crippen molar-refractivity contribution in [3.63, 3.8) is 0 Å². The van der Waals surface area contributed by atoms with Crippen LogP contribution >= 0.6 is 15.9 Å². The van der Waals surface area contributed by atoms with Crippen LogP contribution in [-0.2, 0) is 16.3 Å². The predicted molar refractivity (Wildman–Crippen MR) is 72.3 cm³/mol. The highest BCUT2D eigenvalue weighted by atomic mass is 79.9. The Morgan fingerprint density at radius 2 is 1.81 bits per heavy atom. The lowest BCUT2D eigenvalue weighted by Crippen LogP contribution is -2.25. The van der Waals surface area contributed by atoms with E-state index in [0.717, 1.165) is 6.07 Å². The van der Waals surface area contributed by atoms with Crippen molar-refractivity contribution in [1.82, 2.24) is 0 Å². The number of fused-ring (bicyclic) bond motifs is 1. The highest BCUT2D eigenvalue weighted by Gasteiger charge is 2.50. The average Bonchev–Trinajstić information content (AvgIpc) is 2.69. The van der Waals surface area contributed by atoms with Crippen molar-refractivity contribution >= 4 is 25.8 Å². The Kier molecular flexibility index (Phi) is 5.44. The van der Waals surface area contributed by atoms with E-state index in [1.54, 1.807) is 0 Å². The Bertz CT molecular complexity index is 628. The van der Waals surface area contributed by atoms with Gasteiger partial charge in [-0.1, -0.05) is 29.8 Å². The quantitative estimate of drug-likeness (QED) is 0.741. The van der Waals surface area contributed by atoms with Crippen LogP contribution in [0.2, 0.25) is 0 Å². The fourth-order valence-corrected chi connectivity index (χ4v) is 3.53. The van der Waals surface area contributed by atoms with Gasteiger partial charge in [-0.3, -0.25) is 0 Å². The van der Waals surface area contributed by atoms with Crippen molar-refractivity contribution in [3.05, 3.63) is 27.7 Å². The first-order valence-electron chi connectivity index (χ1n) is 6.02. The van der Waals surface area contributed by atoms with Gasteiger partial charge in [0.2, 0.25) is 0 Å². The third-order valence-electron chi connectivity index (χ3n) is 2.89. The maximum atomic E-state index is 13.4. The van der Waals surface area contributed by atoms with Crippen LogP contribution in [0.25, 0.3) is 0 Å². The van der Waals surface area contributed by atoms with E-state index in [0.29, 0.717) is 6.07 Å². The van der Waals surface area contributed by atoms with Crippen LogP contribution < -0.4 is 0 Å². The largest absolute Gasteiger partial charge is 0.501 e. The lowest BCUT2D eigenvalue weighted by atomic mass is 10.1. The van der Waals surface area contributed by atoms with E-state index in [4.69, 9.17) is 0 Å². The lowest BCUT2D eigenvalue weighted by Gasteiger charge is -2.15. The van der Waals surface area contributed by atoms with Crippen LogP contribution in [0.4, 0.5) is 17.6 Å². The first kappa shape index (κ1) is 18.4. The average molecular weight is 393 g/mol. The molecule has 1 aliphatic carbocycles. The molecule has 0 spiro atoms. The van der Waals surface area contributed by atoms with Crippen molar-refractivity contribution in [1.29, 1.82) is 0 Å². The van der Waals surface area contributed by atoms with Gasteiger partial charge in [0.1, 0.15) is 12.3 Å². The van der Waals surface area contributed by atoms with Crippen LogP contribution in [0.3, 0.4) is 0 Å². The SMILES string of the molecule is CC.O=S(=O)(c1ccc(Br)c2c1C(O)C(F)C2)C(F)(F)F. The van der Waals surface area contributed by atoms with Crippen LogP contribution in [-0.4, -0.2) is 25.2 Å². The predicted octanol–water partition coefficient (Wildman–Crippen LogP) is 3.70. The van der Waals surface area contributed by atoms with Gasteiger partial charge in [0, 0.05) is 16.5 Å². The molecule has 21 heavy (non-hydrogen) atoms. The number of aliphatic hydroxyl groups is 1. The zero-order valence-corrected chi connectivity index (χ0v) is 13.5. The van der Waals surface area contributed by atoms with Crippen molar-refractivity contribution in [2.24, 2.45) is 0 Å². The first-order valence-corrected chi connectivity index (χ1v) is 8.29. The first-order chi connectivity index (χ1) is 9.57. The van der Waals surface area contributed by atoms with Gasteiger partial charge >= 0.3 is 5.51 Å². The van der Waals surface area contributed by atoms with E-state index in [9.17, 15) is 31.1 Å². The van der Waals surface area contributed by atoms with Crippen molar-refractivity contribution in [3.8, 4) is 0 Å². The van der Waals surface area contributed by atoms with Gasteiger partial charge in [-0.15, -0.1) is 0 Å². The molecule has 0 heterocycles. The van der Waals surface area contributed by atoms with Gasteiger partial charge in [0.25, 0.3) is 9.84 Å². The van der Waals surface area contributed by atoms with Gasteiger partial charge in [-0.25, -0.2) is 12.8 Å².